The van der Waals surface area contributed by atoms with Crippen molar-refractivity contribution in [3.05, 3.63) is 0 Å². The van der Waals surface area contributed by atoms with Crippen LogP contribution in [-0.2, 0) is 19.1 Å². The Morgan fingerprint density at radius 3 is 2.53 bits per heavy atom. The van der Waals surface area contributed by atoms with E-state index >= 15 is 0 Å². The van der Waals surface area contributed by atoms with Crippen molar-refractivity contribution >= 4 is 11.9 Å². The van der Waals surface area contributed by atoms with Crippen LogP contribution in [0.2, 0.25) is 0 Å². The van der Waals surface area contributed by atoms with Gasteiger partial charge in [-0.1, -0.05) is 13.3 Å². The van der Waals surface area contributed by atoms with Crippen LogP contribution in [-0.4, -0.2) is 61.9 Å². The number of hydrogen-bond acceptors (Lipinski definition) is 4. The zero-order valence-electron chi connectivity index (χ0n) is 10.5. The molecule has 6 heteroatoms. The lowest BCUT2D eigenvalue weighted by Gasteiger charge is -2.20. The summed E-state index contributed by atoms with van der Waals surface area (Å²) in [7, 11) is 1.50. The van der Waals surface area contributed by atoms with Gasteiger partial charge in [-0.2, -0.15) is 0 Å². The first kappa shape index (κ1) is 15.9. The van der Waals surface area contributed by atoms with Gasteiger partial charge in [-0.05, 0) is 6.42 Å². The van der Waals surface area contributed by atoms with Gasteiger partial charge in [-0.15, -0.1) is 0 Å². The molecule has 0 saturated carbocycles. The van der Waals surface area contributed by atoms with Crippen LogP contribution in [0.3, 0.4) is 0 Å². The third kappa shape index (κ3) is 8.65. The molecule has 1 amide bonds. The minimum Gasteiger partial charge on any atom is -0.480 e. The van der Waals surface area contributed by atoms with Gasteiger partial charge in [0.05, 0.1) is 6.61 Å². The molecule has 100 valence electrons. The van der Waals surface area contributed by atoms with Crippen LogP contribution < -0.4 is 0 Å². The third-order valence-electron chi connectivity index (χ3n) is 2.11. The molecule has 0 spiro atoms. The molecule has 0 unspecified atom stereocenters. The van der Waals surface area contributed by atoms with Crippen molar-refractivity contribution in [1.29, 1.82) is 0 Å². The van der Waals surface area contributed by atoms with Crippen LogP contribution >= 0.6 is 0 Å². The average molecular weight is 247 g/mol. The Kier molecular flexibility index (Phi) is 9.37. The van der Waals surface area contributed by atoms with E-state index in [9.17, 15) is 9.59 Å². The summed E-state index contributed by atoms with van der Waals surface area (Å²) in [6.07, 6.45) is 1.89. The Morgan fingerprint density at radius 2 is 2.00 bits per heavy atom. The molecule has 0 aliphatic carbocycles. The molecule has 1 N–H and O–H groups in total. The molecule has 0 rings (SSSR count). The zero-order valence-corrected chi connectivity index (χ0v) is 10.5. The lowest BCUT2D eigenvalue weighted by Crippen LogP contribution is -2.40. The molecule has 0 radical (unpaired) electrons. The molecule has 0 saturated heterocycles. The van der Waals surface area contributed by atoms with Gasteiger partial charge in [-0.25, -0.2) is 0 Å². The monoisotopic (exact) mass is 247 g/mol. The number of rotatable bonds is 10. The van der Waals surface area contributed by atoms with E-state index in [0.717, 1.165) is 12.8 Å². The Hall–Kier alpha value is -1.14. The van der Waals surface area contributed by atoms with Crippen molar-refractivity contribution in [3.8, 4) is 0 Å². The summed E-state index contributed by atoms with van der Waals surface area (Å²) in [5.41, 5.74) is 0. The van der Waals surface area contributed by atoms with Crippen molar-refractivity contribution in [2.45, 2.75) is 19.8 Å². The molecule has 0 aliphatic heterocycles. The predicted molar refractivity (Wildman–Crippen MR) is 61.8 cm³/mol. The first-order chi connectivity index (χ1) is 8.11. The van der Waals surface area contributed by atoms with E-state index in [2.05, 4.69) is 0 Å². The molecule has 0 aliphatic rings. The normalized spacial score (nSPS) is 10.2. The van der Waals surface area contributed by atoms with Crippen molar-refractivity contribution in [3.63, 3.8) is 0 Å². The summed E-state index contributed by atoms with van der Waals surface area (Å²) in [6, 6.07) is 0. The number of methoxy groups -OCH3 is 1. The van der Waals surface area contributed by atoms with Crippen LogP contribution in [0.25, 0.3) is 0 Å². The van der Waals surface area contributed by atoms with E-state index in [0.29, 0.717) is 13.2 Å². The van der Waals surface area contributed by atoms with Crippen molar-refractivity contribution in [2.24, 2.45) is 0 Å². The number of carbonyl (C=O) groups is 2. The fourth-order valence-electron chi connectivity index (χ4n) is 1.15. The number of carbonyl (C=O) groups excluding carboxylic acids is 1. The van der Waals surface area contributed by atoms with Gasteiger partial charge in [0.2, 0.25) is 5.91 Å². The van der Waals surface area contributed by atoms with E-state index in [-0.39, 0.29) is 25.6 Å². The van der Waals surface area contributed by atoms with Crippen LogP contribution in [0.15, 0.2) is 0 Å². The van der Waals surface area contributed by atoms with E-state index in [1.807, 2.05) is 6.92 Å². The molecule has 0 atom stereocenters. The SMILES string of the molecule is CCCCOCC(=O)N(CCOC)CC(=O)O. The smallest absolute Gasteiger partial charge is 0.323 e. The van der Waals surface area contributed by atoms with E-state index in [1.54, 1.807) is 0 Å². The van der Waals surface area contributed by atoms with Gasteiger partial charge in [-0.3, -0.25) is 9.59 Å². The van der Waals surface area contributed by atoms with E-state index < -0.39 is 5.97 Å². The number of carboxylic acid groups (broad SMARTS) is 1. The summed E-state index contributed by atoms with van der Waals surface area (Å²) in [5.74, 6) is -1.36. The number of unbranched alkanes of at least 4 members (excludes halogenated alkanes) is 1. The Balaban J connectivity index is 3.98. The lowest BCUT2D eigenvalue weighted by atomic mass is 10.4. The zero-order chi connectivity index (χ0) is 13.1. The average Bonchev–Trinajstić information content (AvgIpc) is 2.29. The molecule has 0 fully saturated rings. The molecule has 0 heterocycles. The largest absolute Gasteiger partial charge is 0.480 e. The molecular formula is C11H21NO5. The fraction of sp³-hybridized carbons (Fsp3) is 0.818. The van der Waals surface area contributed by atoms with Crippen molar-refractivity contribution in [2.75, 3.05) is 40.0 Å². The van der Waals surface area contributed by atoms with Gasteiger partial charge < -0.3 is 19.5 Å². The third-order valence-corrected chi connectivity index (χ3v) is 2.11. The number of carboxylic acids is 1. The minimum absolute atomic E-state index is 0.0724. The maximum atomic E-state index is 11.6. The number of nitrogens with zero attached hydrogens (tertiary/aromatic N) is 1. The molecular weight excluding hydrogens is 226 g/mol. The molecule has 17 heavy (non-hydrogen) atoms. The minimum atomic E-state index is -1.04. The molecule has 6 nitrogen and oxygen atoms in total. The molecule has 0 bridgehead atoms. The number of hydrogen-bond donors (Lipinski definition) is 1. The van der Waals surface area contributed by atoms with Crippen LogP contribution in [0, 0.1) is 0 Å². The second kappa shape index (κ2) is 10.0. The van der Waals surface area contributed by atoms with Gasteiger partial charge in [0, 0.05) is 20.3 Å². The van der Waals surface area contributed by atoms with Crippen LogP contribution in [0.5, 0.6) is 0 Å². The first-order valence-corrected chi connectivity index (χ1v) is 5.68. The highest BCUT2D eigenvalue weighted by Gasteiger charge is 2.16. The standard InChI is InChI=1S/C11H21NO5/c1-3-4-6-17-9-10(13)12(5-7-16-2)8-11(14)15/h3-9H2,1-2H3,(H,14,15). The molecule has 0 aromatic heterocycles. The number of ether oxygens (including phenoxy) is 2. The second-order valence-electron chi connectivity index (χ2n) is 3.61. The van der Waals surface area contributed by atoms with Crippen LogP contribution in [0.4, 0.5) is 0 Å². The highest BCUT2D eigenvalue weighted by atomic mass is 16.5. The predicted octanol–water partition coefficient (Wildman–Crippen LogP) is 0.363. The lowest BCUT2D eigenvalue weighted by molar-refractivity contribution is -0.147. The number of aliphatic carboxylic acids is 1. The summed E-state index contributed by atoms with van der Waals surface area (Å²) in [6.45, 7) is 2.73. The van der Waals surface area contributed by atoms with E-state index in [1.165, 1.54) is 12.0 Å². The Bertz CT molecular complexity index is 232. The van der Waals surface area contributed by atoms with Crippen molar-refractivity contribution in [1.82, 2.24) is 4.90 Å². The highest BCUT2D eigenvalue weighted by molar-refractivity contribution is 5.82. The Labute approximate surface area is 101 Å². The number of amides is 1. The molecule has 0 aromatic rings. The first-order valence-electron chi connectivity index (χ1n) is 5.68. The van der Waals surface area contributed by atoms with Gasteiger partial charge in [0.15, 0.2) is 0 Å². The summed E-state index contributed by atoms with van der Waals surface area (Å²) in [5, 5.41) is 8.67. The fourth-order valence-corrected chi connectivity index (χ4v) is 1.15. The van der Waals surface area contributed by atoms with E-state index in [4.69, 9.17) is 14.6 Å². The quantitative estimate of drug-likeness (QED) is 0.564. The highest BCUT2D eigenvalue weighted by Crippen LogP contribution is 1.94. The summed E-state index contributed by atoms with van der Waals surface area (Å²) in [4.78, 5) is 23.4. The maximum absolute atomic E-state index is 11.6. The second-order valence-corrected chi connectivity index (χ2v) is 3.61. The molecule has 0 aromatic carbocycles. The summed E-state index contributed by atoms with van der Waals surface area (Å²) < 4.78 is 9.97. The maximum Gasteiger partial charge on any atom is 0.323 e. The van der Waals surface area contributed by atoms with Gasteiger partial charge in [0.1, 0.15) is 13.2 Å². The summed E-state index contributed by atoms with van der Waals surface area (Å²) >= 11 is 0. The topological polar surface area (TPSA) is 76.1 Å². The van der Waals surface area contributed by atoms with Crippen molar-refractivity contribution < 1.29 is 24.2 Å². The van der Waals surface area contributed by atoms with Gasteiger partial charge in [0.25, 0.3) is 0 Å². The Morgan fingerprint density at radius 1 is 1.29 bits per heavy atom. The van der Waals surface area contributed by atoms with Gasteiger partial charge >= 0.3 is 5.97 Å². The van der Waals surface area contributed by atoms with Crippen LogP contribution in [0.1, 0.15) is 19.8 Å².